The monoisotopic (exact) mass is 648 g/mol. The molecule has 0 aliphatic rings. The van der Waals surface area contributed by atoms with Gasteiger partial charge in [0.1, 0.15) is 0 Å². The summed E-state index contributed by atoms with van der Waals surface area (Å²) in [6.45, 7) is 13.1. The highest BCUT2D eigenvalue weighted by atomic mass is 15.1. The van der Waals surface area contributed by atoms with Crippen molar-refractivity contribution in [3.8, 4) is 22.3 Å². The molecule has 0 aliphatic carbocycles. The molecular formula is C48H44N2. The molecule has 0 heterocycles. The number of hydrogen-bond acceptors (Lipinski definition) is 2. The van der Waals surface area contributed by atoms with Gasteiger partial charge in [0.25, 0.3) is 0 Å². The van der Waals surface area contributed by atoms with Crippen molar-refractivity contribution in [3.63, 3.8) is 0 Å². The van der Waals surface area contributed by atoms with E-state index in [1.807, 2.05) is 0 Å². The van der Waals surface area contributed by atoms with Crippen LogP contribution in [0.1, 0.15) is 33.4 Å². The van der Waals surface area contributed by atoms with Gasteiger partial charge >= 0.3 is 0 Å². The number of benzene rings is 7. The number of nitrogens with zero attached hydrogens (tertiary/aromatic N) is 2. The predicted octanol–water partition coefficient (Wildman–Crippen LogP) is 13.8. The molecule has 246 valence electrons. The second kappa shape index (κ2) is 13.9. The third kappa shape index (κ3) is 6.84. The predicted molar refractivity (Wildman–Crippen MR) is 215 cm³/mol. The fourth-order valence-electron chi connectivity index (χ4n) is 6.93. The van der Waals surface area contributed by atoms with E-state index in [9.17, 15) is 0 Å². The highest BCUT2D eigenvalue weighted by Gasteiger charge is 2.18. The van der Waals surface area contributed by atoms with Crippen LogP contribution in [0, 0.1) is 41.5 Å². The lowest BCUT2D eigenvalue weighted by atomic mass is 9.98. The fraction of sp³-hybridized carbons (Fsp3) is 0.125. The molecule has 0 spiro atoms. The van der Waals surface area contributed by atoms with E-state index in [1.165, 1.54) is 72.7 Å². The summed E-state index contributed by atoms with van der Waals surface area (Å²) in [5.41, 5.74) is 19.3. The quantitative estimate of drug-likeness (QED) is 0.162. The van der Waals surface area contributed by atoms with Gasteiger partial charge in [-0.2, -0.15) is 0 Å². The van der Waals surface area contributed by atoms with Crippen LogP contribution in [0.25, 0.3) is 22.3 Å². The Hall–Kier alpha value is -5.86. The third-order valence-corrected chi connectivity index (χ3v) is 9.49. The van der Waals surface area contributed by atoms with Crippen molar-refractivity contribution in [1.29, 1.82) is 0 Å². The maximum Gasteiger partial charge on any atom is 0.0491 e. The van der Waals surface area contributed by atoms with Crippen LogP contribution in [0.5, 0.6) is 0 Å². The average molecular weight is 649 g/mol. The Morgan fingerprint density at radius 1 is 0.280 bits per heavy atom. The van der Waals surface area contributed by atoms with E-state index in [-0.39, 0.29) is 0 Å². The molecule has 7 aromatic carbocycles. The van der Waals surface area contributed by atoms with Gasteiger partial charge in [-0.1, -0.05) is 96.1 Å². The van der Waals surface area contributed by atoms with Gasteiger partial charge < -0.3 is 9.80 Å². The molecular weight excluding hydrogens is 605 g/mol. The van der Waals surface area contributed by atoms with Crippen LogP contribution in [-0.4, -0.2) is 0 Å². The summed E-state index contributed by atoms with van der Waals surface area (Å²) in [6, 6.07) is 57.6. The first kappa shape index (κ1) is 32.7. The molecule has 2 heteroatoms. The van der Waals surface area contributed by atoms with E-state index in [4.69, 9.17) is 0 Å². The van der Waals surface area contributed by atoms with Crippen LogP contribution in [-0.2, 0) is 0 Å². The molecule has 0 radical (unpaired) electrons. The Bertz CT molecular complexity index is 2180. The normalized spacial score (nSPS) is 11.0. The van der Waals surface area contributed by atoms with Gasteiger partial charge in [-0.25, -0.2) is 0 Å². The first-order chi connectivity index (χ1) is 24.2. The molecule has 0 saturated carbocycles. The highest BCUT2D eigenvalue weighted by Crippen LogP contribution is 2.41. The van der Waals surface area contributed by atoms with Gasteiger partial charge in [0.05, 0.1) is 0 Å². The Labute approximate surface area is 297 Å². The lowest BCUT2D eigenvalue weighted by molar-refractivity contribution is 1.23. The summed E-state index contributed by atoms with van der Waals surface area (Å²) < 4.78 is 0. The smallest absolute Gasteiger partial charge is 0.0491 e. The minimum Gasteiger partial charge on any atom is -0.310 e. The van der Waals surface area contributed by atoms with Crippen molar-refractivity contribution in [3.05, 3.63) is 191 Å². The van der Waals surface area contributed by atoms with E-state index in [2.05, 4.69) is 209 Å². The van der Waals surface area contributed by atoms with Crippen LogP contribution >= 0.6 is 0 Å². The van der Waals surface area contributed by atoms with Gasteiger partial charge in [-0.15, -0.1) is 0 Å². The molecule has 0 aromatic heterocycles. The first-order valence-corrected chi connectivity index (χ1v) is 17.4. The second-order valence-corrected chi connectivity index (χ2v) is 13.6. The van der Waals surface area contributed by atoms with Crippen LogP contribution in [0.2, 0.25) is 0 Å². The summed E-state index contributed by atoms with van der Waals surface area (Å²) in [5, 5.41) is 0. The standard InChI is InChI=1S/C48H44N2/c1-33-12-20-43(21-13-33)49(44-22-14-34(2)15-23-44)47-26-18-41(31-37(47)5)42-19-27-48(38(6)32-42)50(46-29-35(3)28-36(4)30-46)45-24-16-40(17-25-45)39-10-8-7-9-11-39/h7-32H,1-6H3. The summed E-state index contributed by atoms with van der Waals surface area (Å²) in [6.07, 6.45) is 0. The molecule has 7 rings (SSSR count). The second-order valence-electron chi connectivity index (χ2n) is 13.6. The number of hydrogen-bond donors (Lipinski definition) is 0. The van der Waals surface area contributed by atoms with Crippen molar-refractivity contribution >= 4 is 34.1 Å². The maximum atomic E-state index is 2.39. The van der Waals surface area contributed by atoms with Crippen LogP contribution in [0.3, 0.4) is 0 Å². The summed E-state index contributed by atoms with van der Waals surface area (Å²) in [5.74, 6) is 0. The zero-order valence-corrected chi connectivity index (χ0v) is 29.9. The van der Waals surface area contributed by atoms with Crippen LogP contribution in [0.15, 0.2) is 158 Å². The molecule has 7 aromatic rings. The van der Waals surface area contributed by atoms with E-state index >= 15 is 0 Å². The average Bonchev–Trinajstić information content (AvgIpc) is 3.12. The van der Waals surface area contributed by atoms with Gasteiger partial charge in [0.15, 0.2) is 0 Å². The van der Waals surface area contributed by atoms with E-state index in [0.29, 0.717) is 0 Å². The van der Waals surface area contributed by atoms with Crippen molar-refractivity contribution < 1.29 is 0 Å². The molecule has 0 saturated heterocycles. The molecule has 0 aliphatic heterocycles. The summed E-state index contributed by atoms with van der Waals surface area (Å²) in [7, 11) is 0. The minimum absolute atomic E-state index is 1.14. The van der Waals surface area contributed by atoms with Crippen molar-refractivity contribution in [2.75, 3.05) is 9.80 Å². The molecule has 0 fully saturated rings. The molecule has 2 nitrogen and oxygen atoms in total. The van der Waals surface area contributed by atoms with Crippen LogP contribution < -0.4 is 9.80 Å². The number of anilines is 6. The third-order valence-electron chi connectivity index (χ3n) is 9.49. The lowest BCUT2D eigenvalue weighted by Crippen LogP contribution is -2.12. The lowest BCUT2D eigenvalue weighted by Gasteiger charge is -2.29. The molecule has 0 N–H and O–H groups in total. The first-order valence-electron chi connectivity index (χ1n) is 17.4. The topological polar surface area (TPSA) is 6.48 Å². The summed E-state index contributed by atoms with van der Waals surface area (Å²) >= 11 is 0. The van der Waals surface area contributed by atoms with Crippen LogP contribution in [0.4, 0.5) is 34.1 Å². The van der Waals surface area contributed by atoms with Crippen molar-refractivity contribution in [1.82, 2.24) is 0 Å². The zero-order valence-electron chi connectivity index (χ0n) is 29.9. The van der Waals surface area contributed by atoms with Crippen molar-refractivity contribution in [2.45, 2.75) is 41.5 Å². The molecule has 0 unspecified atom stereocenters. The van der Waals surface area contributed by atoms with E-state index in [0.717, 1.165) is 17.1 Å². The number of aryl methyl sites for hydroxylation is 6. The fourth-order valence-corrected chi connectivity index (χ4v) is 6.93. The Morgan fingerprint density at radius 3 is 1.10 bits per heavy atom. The Morgan fingerprint density at radius 2 is 0.660 bits per heavy atom. The molecule has 50 heavy (non-hydrogen) atoms. The van der Waals surface area contributed by atoms with Gasteiger partial charge in [-0.05, 0) is 159 Å². The van der Waals surface area contributed by atoms with Gasteiger partial charge in [0.2, 0.25) is 0 Å². The summed E-state index contributed by atoms with van der Waals surface area (Å²) in [4.78, 5) is 4.75. The molecule has 0 atom stereocenters. The van der Waals surface area contributed by atoms with E-state index in [1.54, 1.807) is 0 Å². The zero-order chi connectivity index (χ0) is 34.8. The highest BCUT2D eigenvalue weighted by molar-refractivity contribution is 5.84. The van der Waals surface area contributed by atoms with Gasteiger partial charge in [0, 0.05) is 34.1 Å². The molecule has 0 amide bonds. The SMILES string of the molecule is Cc1ccc(N(c2ccc(C)cc2)c2ccc(-c3ccc(N(c4ccc(-c5ccccc5)cc4)c4cc(C)cc(C)c4)c(C)c3)cc2C)cc1. The minimum atomic E-state index is 1.14. The van der Waals surface area contributed by atoms with Gasteiger partial charge in [-0.3, -0.25) is 0 Å². The molecule has 0 bridgehead atoms. The maximum absolute atomic E-state index is 2.39. The largest absolute Gasteiger partial charge is 0.310 e. The Balaban J connectivity index is 1.26. The Kier molecular flexibility index (Phi) is 9.11. The number of rotatable bonds is 8. The van der Waals surface area contributed by atoms with Crippen molar-refractivity contribution in [2.24, 2.45) is 0 Å². The van der Waals surface area contributed by atoms with E-state index < -0.39 is 0 Å².